The molecule has 4 saturated carbocycles. The second-order valence-electron chi connectivity index (χ2n) is 4.44. The molecule has 4 fully saturated rings. The maximum atomic E-state index is 2.47. The van der Waals surface area contributed by atoms with Crippen molar-refractivity contribution < 1.29 is 0 Å². The largest absolute Gasteiger partial charge is 0.0619 e. The summed E-state index contributed by atoms with van der Waals surface area (Å²) in [6, 6.07) is 0. The summed E-state index contributed by atoms with van der Waals surface area (Å²) in [4.78, 5) is 0. The van der Waals surface area contributed by atoms with Crippen molar-refractivity contribution in [2.24, 2.45) is 35.5 Å². The highest BCUT2D eigenvalue weighted by Crippen LogP contribution is 2.75. The minimum atomic E-state index is 1.11. The molecule has 0 N–H and O–H groups in total. The highest BCUT2D eigenvalue weighted by Gasteiger charge is 2.70. The van der Waals surface area contributed by atoms with Gasteiger partial charge in [0.25, 0.3) is 0 Å². The lowest BCUT2D eigenvalue weighted by Crippen LogP contribution is -2.05. The van der Waals surface area contributed by atoms with Crippen LogP contribution in [0.15, 0.2) is 0 Å². The monoisotopic (exact) mass is 122 g/mol. The fraction of sp³-hybridized carbons (Fsp3) is 1.00. The van der Waals surface area contributed by atoms with Crippen molar-refractivity contribution in [1.82, 2.24) is 0 Å². The van der Waals surface area contributed by atoms with Crippen LogP contribution in [0.25, 0.3) is 0 Å². The molecule has 0 aromatic rings. The van der Waals surface area contributed by atoms with E-state index in [1.165, 1.54) is 17.8 Å². The van der Waals surface area contributed by atoms with Crippen LogP contribution >= 0.6 is 0 Å². The minimum absolute atomic E-state index is 1.11. The first kappa shape index (κ1) is 4.76. The second kappa shape index (κ2) is 1.09. The highest BCUT2D eigenvalue weighted by atomic mass is 14.7. The van der Waals surface area contributed by atoms with Crippen molar-refractivity contribution in [2.45, 2.75) is 20.3 Å². The molecule has 0 saturated heterocycles. The molecule has 0 aromatic heterocycles. The molecule has 4 unspecified atom stereocenters. The Bertz CT molecular complexity index is 141. The van der Waals surface area contributed by atoms with E-state index in [2.05, 4.69) is 13.8 Å². The molecule has 0 radical (unpaired) electrons. The fourth-order valence-corrected chi connectivity index (χ4v) is 4.02. The smallest absolute Gasteiger partial charge is 0.0321 e. The molecular weight excluding hydrogens is 108 g/mol. The lowest BCUT2D eigenvalue weighted by Gasteiger charge is -2.11. The van der Waals surface area contributed by atoms with Gasteiger partial charge in [-0.2, -0.15) is 0 Å². The quantitative estimate of drug-likeness (QED) is 0.462. The average molecular weight is 122 g/mol. The Kier molecular flexibility index (Phi) is 0.574. The molecule has 4 atom stereocenters. The van der Waals surface area contributed by atoms with Gasteiger partial charge in [0.1, 0.15) is 0 Å². The van der Waals surface area contributed by atoms with E-state index >= 15 is 0 Å². The molecule has 0 aliphatic heterocycles. The Labute approximate surface area is 56.6 Å². The molecule has 4 bridgehead atoms. The summed E-state index contributed by atoms with van der Waals surface area (Å²) < 4.78 is 0. The van der Waals surface area contributed by atoms with Crippen molar-refractivity contribution in [1.29, 1.82) is 0 Å². The molecule has 0 heteroatoms. The topological polar surface area (TPSA) is 0 Å². The van der Waals surface area contributed by atoms with Crippen molar-refractivity contribution in [3.8, 4) is 0 Å². The van der Waals surface area contributed by atoms with Crippen molar-refractivity contribution in [3.63, 3.8) is 0 Å². The van der Waals surface area contributed by atoms with Crippen LogP contribution in [0.5, 0.6) is 0 Å². The first-order valence-corrected chi connectivity index (χ1v) is 4.30. The van der Waals surface area contributed by atoms with E-state index in [1.807, 2.05) is 0 Å². The van der Waals surface area contributed by atoms with Crippen LogP contribution < -0.4 is 0 Å². The molecule has 4 aliphatic rings. The van der Waals surface area contributed by atoms with Crippen LogP contribution in [0.4, 0.5) is 0 Å². The Balaban J connectivity index is 2.07. The third-order valence-corrected chi connectivity index (χ3v) is 4.40. The van der Waals surface area contributed by atoms with Gasteiger partial charge in [-0.05, 0) is 41.9 Å². The van der Waals surface area contributed by atoms with E-state index in [1.54, 1.807) is 6.42 Å². The van der Waals surface area contributed by atoms with Gasteiger partial charge in [-0.1, -0.05) is 13.8 Å². The summed E-state index contributed by atoms with van der Waals surface area (Å²) in [5.74, 6) is 6.96. The Morgan fingerprint density at radius 1 is 0.889 bits per heavy atom. The fourth-order valence-electron chi connectivity index (χ4n) is 4.02. The van der Waals surface area contributed by atoms with Gasteiger partial charge in [-0.3, -0.25) is 0 Å². The predicted molar refractivity (Wildman–Crippen MR) is 36.9 cm³/mol. The number of rotatable bonds is 0. The summed E-state index contributed by atoms with van der Waals surface area (Å²) in [7, 11) is 0. The Morgan fingerprint density at radius 2 is 1.44 bits per heavy atom. The minimum Gasteiger partial charge on any atom is -0.0619 e. The maximum Gasteiger partial charge on any atom is -0.0321 e. The van der Waals surface area contributed by atoms with E-state index in [-0.39, 0.29) is 0 Å². The lowest BCUT2D eigenvalue weighted by atomic mass is 9.94. The predicted octanol–water partition coefficient (Wildman–Crippen LogP) is 2.15. The van der Waals surface area contributed by atoms with Gasteiger partial charge in [0.15, 0.2) is 0 Å². The van der Waals surface area contributed by atoms with Crippen LogP contribution in [-0.2, 0) is 0 Å². The third kappa shape index (κ3) is 0.320. The van der Waals surface area contributed by atoms with Gasteiger partial charge in [0, 0.05) is 0 Å². The lowest BCUT2D eigenvalue weighted by molar-refractivity contribution is 0.376. The molecule has 0 aromatic carbocycles. The molecule has 50 valence electrons. The standard InChI is InChI=1S/C9H14/c1-4-6-3-7-8(4)9(7)5(6)2/h4-9H,3H2,1-2H3. The summed E-state index contributed by atoms with van der Waals surface area (Å²) in [6.07, 6.45) is 1.59. The van der Waals surface area contributed by atoms with Gasteiger partial charge in [0.05, 0.1) is 0 Å². The summed E-state index contributed by atoms with van der Waals surface area (Å²) in [5.41, 5.74) is 0. The van der Waals surface area contributed by atoms with Gasteiger partial charge < -0.3 is 0 Å². The molecule has 0 nitrogen and oxygen atoms in total. The zero-order valence-corrected chi connectivity index (χ0v) is 6.17. The highest BCUT2D eigenvalue weighted by molar-refractivity contribution is 5.17. The van der Waals surface area contributed by atoms with Gasteiger partial charge in [-0.15, -0.1) is 0 Å². The molecule has 0 spiro atoms. The molecule has 4 aliphatic carbocycles. The molecular formula is C9H14. The zero-order chi connectivity index (χ0) is 6.17. The van der Waals surface area contributed by atoms with E-state index in [4.69, 9.17) is 0 Å². The van der Waals surface area contributed by atoms with E-state index in [9.17, 15) is 0 Å². The number of hydrogen-bond donors (Lipinski definition) is 0. The second-order valence-corrected chi connectivity index (χ2v) is 4.44. The van der Waals surface area contributed by atoms with Crippen molar-refractivity contribution in [2.75, 3.05) is 0 Å². The average Bonchev–Trinajstić information content (AvgIpc) is 2.18. The third-order valence-electron chi connectivity index (χ3n) is 4.40. The maximum absolute atomic E-state index is 2.47. The molecule has 4 rings (SSSR count). The van der Waals surface area contributed by atoms with E-state index in [0.29, 0.717) is 0 Å². The van der Waals surface area contributed by atoms with Crippen molar-refractivity contribution in [3.05, 3.63) is 0 Å². The van der Waals surface area contributed by atoms with E-state index < -0.39 is 0 Å². The zero-order valence-electron chi connectivity index (χ0n) is 6.17. The first-order valence-electron chi connectivity index (χ1n) is 4.30. The normalized spacial score (nSPS) is 75.3. The Hall–Kier alpha value is 0. The summed E-state index contributed by atoms with van der Waals surface area (Å²) in [5, 5.41) is 0. The summed E-state index contributed by atoms with van der Waals surface area (Å²) >= 11 is 0. The number of hydrogen-bond acceptors (Lipinski definition) is 0. The van der Waals surface area contributed by atoms with E-state index in [0.717, 1.165) is 17.8 Å². The SMILES string of the molecule is CC1C2CC3C1C3C2C. The van der Waals surface area contributed by atoms with Crippen LogP contribution in [-0.4, -0.2) is 0 Å². The molecule has 9 heavy (non-hydrogen) atoms. The van der Waals surface area contributed by atoms with Crippen molar-refractivity contribution >= 4 is 0 Å². The summed E-state index contributed by atoms with van der Waals surface area (Å²) in [6.45, 7) is 4.94. The van der Waals surface area contributed by atoms with Crippen LogP contribution in [0.3, 0.4) is 0 Å². The van der Waals surface area contributed by atoms with Gasteiger partial charge >= 0.3 is 0 Å². The van der Waals surface area contributed by atoms with Crippen LogP contribution in [0.1, 0.15) is 20.3 Å². The molecule has 0 heterocycles. The van der Waals surface area contributed by atoms with Gasteiger partial charge in [0.2, 0.25) is 0 Å². The van der Waals surface area contributed by atoms with Crippen LogP contribution in [0.2, 0.25) is 0 Å². The van der Waals surface area contributed by atoms with Gasteiger partial charge in [-0.25, -0.2) is 0 Å². The Morgan fingerprint density at radius 3 is 1.56 bits per heavy atom. The van der Waals surface area contributed by atoms with Crippen LogP contribution in [0, 0.1) is 35.5 Å². The molecule has 0 amide bonds. The first-order chi connectivity index (χ1) is 4.30.